The third kappa shape index (κ3) is 16.3. The number of nitriles is 1. The van der Waals surface area contributed by atoms with Gasteiger partial charge in [0.2, 0.25) is 0 Å². The molecule has 7 aromatic carbocycles. The normalized spacial score (nSPS) is 18.8. The number of carbonyl (C=O) groups is 2. The van der Waals surface area contributed by atoms with Gasteiger partial charge in [-0.1, -0.05) is 138 Å². The molecule has 2 aliphatic heterocycles. The Morgan fingerprint density at radius 2 is 0.969 bits per heavy atom. The standard InChI is InChI=1S/C68H61Cl2N7O17P2/c1-84-50-31-27-48(28-32-50)68(47-21-10-5-11-22-47,49-29-33-51(85-2)34-30-49)86-43-58-56(41-62(89-58)76-38-35-60(74-66(76)80)72-64(78)45-17-6-3-7-18-45)94-96(83,92-55-26-15-13-24-53(55)70)88-44-59-57(93-95(82,87-40-16-37-71)91-54-25-14-12-23-52(54)69)42-63(90-59)77-39-36-61(75-67(77)81)73-65(79)46-19-8-4-9-20-46/h3-15,17-36,38-39,56-59,62-63H,16,40-44H2,1-2H3,(H,72,74,78,80)(H,73,75,79,81)/t56-,57-,58+,59+,62+,63+,95?,96?/m0/s1. The Hall–Kier alpha value is -9.31. The first kappa shape index (κ1) is 68.1. The number of halogens is 2. The zero-order valence-electron chi connectivity index (χ0n) is 51.2. The topological polar surface area (TPSA) is 287 Å². The number of methoxy groups -OCH3 is 2. The van der Waals surface area contributed by atoms with Crippen LogP contribution in [0.2, 0.25) is 10.0 Å². The van der Waals surface area contributed by atoms with E-state index in [1.807, 2.05) is 60.7 Å². The van der Waals surface area contributed by atoms with E-state index in [9.17, 15) is 29.0 Å². The summed E-state index contributed by atoms with van der Waals surface area (Å²) in [6.07, 6.45) is -6.28. The van der Waals surface area contributed by atoms with Crippen molar-refractivity contribution in [2.45, 2.75) is 61.7 Å². The molecule has 494 valence electrons. The summed E-state index contributed by atoms with van der Waals surface area (Å²) in [5.74, 6) is -0.348. The van der Waals surface area contributed by atoms with Crippen LogP contribution in [0, 0.1) is 11.3 Å². The fourth-order valence-electron chi connectivity index (χ4n) is 10.6. The molecular formula is C68H61Cl2N7O17P2. The predicted molar refractivity (Wildman–Crippen MR) is 352 cm³/mol. The van der Waals surface area contributed by atoms with Crippen LogP contribution in [-0.2, 0) is 47.0 Å². The van der Waals surface area contributed by atoms with Crippen LogP contribution in [0.15, 0.2) is 222 Å². The highest BCUT2D eigenvalue weighted by atomic mass is 35.5. The second kappa shape index (κ2) is 31.1. The number of phosphoric acid groups is 2. The lowest BCUT2D eigenvalue weighted by molar-refractivity contribution is -0.0949. The van der Waals surface area contributed by atoms with Gasteiger partial charge in [0, 0.05) is 36.4 Å². The summed E-state index contributed by atoms with van der Waals surface area (Å²) in [6.45, 7) is -1.62. The summed E-state index contributed by atoms with van der Waals surface area (Å²) < 4.78 is 102. The third-order valence-electron chi connectivity index (χ3n) is 15.3. The average molecular weight is 1380 g/mol. The van der Waals surface area contributed by atoms with E-state index in [4.69, 9.17) is 74.0 Å². The van der Waals surface area contributed by atoms with Crippen molar-refractivity contribution in [1.82, 2.24) is 19.1 Å². The molecule has 2 N–H and O–H groups in total. The second-order valence-corrected chi connectivity index (χ2v) is 25.4. The number of ether oxygens (including phenoxy) is 5. The summed E-state index contributed by atoms with van der Waals surface area (Å²) in [5, 5.41) is 14.7. The third-order valence-corrected chi connectivity index (χ3v) is 18.8. The van der Waals surface area contributed by atoms with Crippen molar-refractivity contribution in [3.63, 3.8) is 0 Å². The van der Waals surface area contributed by atoms with Crippen molar-refractivity contribution < 1.29 is 69.5 Å². The number of amides is 2. The average Bonchev–Trinajstić information content (AvgIpc) is 1.29. The number of rotatable bonds is 28. The van der Waals surface area contributed by atoms with Crippen LogP contribution in [-0.4, -0.2) is 89.4 Å². The first-order valence-electron chi connectivity index (χ1n) is 29.9. The Kier molecular flexibility index (Phi) is 22.0. The summed E-state index contributed by atoms with van der Waals surface area (Å²) in [7, 11) is -6.95. The molecule has 2 amide bonds. The minimum atomic E-state index is -5.19. The van der Waals surface area contributed by atoms with Crippen LogP contribution < -0.4 is 40.5 Å². The Balaban J connectivity index is 0.960. The molecule has 2 unspecified atom stereocenters. The fourth-order valence-corrected chi connectivity index (χ4v) is 14.0. The van der Waals surface area contributed by atoms with E-state index in [0.717, 1.165) is 4.57 Å². The highest BCUT2D eigenvalue weighted by Crippen LogP contribution is 2.57. The fraction of sp³-hybridized carbons (Fsp3) is 0.221. The number of phosphoric ester groups is 2. The molecule has 28 heteroatoms. The molecule has 0 bridgehead atoms. The molecule has 11 rings (SSSR count). The highest BCUT2D eigenvalue weighted by molar-refractivity contribution is 7.49. The van der Waals surface area contributed by atoms with Crippen molar-refractivity contribution in [3.05, 3.63) is 271 Å². The van der Waals surface area contributed by atoms with Gasteiger partial charge in [0.15, 0.2) is 0 Å². The van der Waals surface area contributed by atoms with Gasteiger partial charge in [-0.3, -0.25) is 36.8 Å². The lowest BCUT2D eigenvalue weighted by Gasteiger charge is -2.37. The number of hydrogen-bond donors (Lipinski definition) is 2. The molecule has 0 spiro atoms. The van der Waals surface area contributed by atoms with Crippen LogP contribution in [0.1, 0.15) is 69.1 Å². The van der Waals surface area contributed by atoms with Crippen molar-refractivity contribution >= 4 is 62.3 Å². The quantitative estimate of drug-likeness (QED) is 0.0262. The molecule has 0 aliphatic carbocycles. The molecule has 9 aromatic rings. The van der Waals surface area contributed by atoms with E-state index >= 15 is 4.57 Å². The second-order valence-electron chi connectivity index (χ2n) is 21.5. The molecule has 24 nitrogen and oxygen atoms in total. The molecule has 8 atom stereocenters. The molecule has 2 saturated heterocycles. The maximum atomic E-state index is 16.1. The van der Waals surface area contributed by atoms with Crippen LogP contribution in [0.3, 0.4) is 0 Å². The van der Waals surface area contributed by atoms with Crippen LogP contribution in [0.4, 0.5) is 11.6 Å². The Morgan fingerprint density at radius 3 is 1.40 bits per heavy atom. The zero-order valence-corrected chi connectivity index (χ0v) is 54.5. The lowest BCUT2D eigenvalue weighted by atomic mass is 9.80. The largest absolute Gasteiger partial charge is 0.530 e. The predicted octanol–water partition coefficient (Wildman–Crippen LogP) is 13.0. The highest BCUT2D eigenvalue weighted by Gasteiger charge is 2.50. The number of carbonyl (C=O) groups excluding carboxylic acids is 2. The van der Waals surface area contributed by atoms with Gasteiger partial charge in [-0.15, -0.1) is 0 Å². The number of hydrogen-bond acceptors (Lipinski definition) is 20. The lowest BCUT2D eigenvalue weighted by Crippen LogP contribution is -2.38. The Bertz CT molecular complexity index is 4400. The van der Waals surface area contributed by atoms with Gasteiger partial charge in [-0.25, -0.2) is 18.7 Å². The van der Waals surface area contributed by atoms with Crippen LogP contribution in [0.25, 0.3) is 0 Å². The van der Waals surface area contributed by atoms with Crippen molar-refractivity contribution in [1.29, 1.82) is 5.26 Å². The van der Waals surface area contributed by atoms with Crippen LogP contribution in [0.5, 0.6) is 23.0 Å². The maximum absolute atomic E-state index is 16.1. The molecule has 2 fully saturated rings. The van der Waals surface area contributed by atoms with Gasteiger partial charge in [-0.2, -0.15) is 15.2 Å². The SMILES string of the molecule is COc1ccc(C(OC[C@H]2O[C@@H](n3ccc(NC(=O)c4ccccc4)nc3=O)C[C@@H]2OP(=O)(OC[C@H]2O[C@@H](n3ccc(NC(=O)c4ccccc4)nc3=O)C[C@@H]2OP(=O)(OCCC#N)Oc2ccccc2Cl)Oc2ccccc2Cl)(c2ccccc2)c2ccc(OC)cc2)cc1. The molecule has 0 saturated carbocycles. The summed E-state index contributed by atoms with van der Waals surface area (Å²) in [5.41, 5.74) is -0.618. The minimum absolute atomic E-state index is 0.0186. The molecule has 2 aromatic heterocycles. The summed E-state index contributed by atoms with van der Waals surface area (Å²) in [4.78, 5) is 62.8. The van der Waals surface area contributed by atoms with Crippen LogP contribution >= 0.6 is 38.8 Å². The van der Waals surface area contributed by atoms with Gasteiger partial charge >= 0.3 is 27.0 Å². The van der Waals surface area contributed by atoms with Gasteiger partial charge < -0.3 is 43.4 Å². The molecular weight excluding hydrogens is 1320 g/mol. The first-order valence-corrected chi connectivity index (χ1v) is 33.5. The van der Waals surface area contributed by atoms with Gasteiger partial charge in [0.25, 0.3) is 11.8 Å². The summed E-state index contributed by atoms with van der Waals surface area (Å²) >= 11 is 13.2. The van der Waals surface area contributed by atoms with Gasteiger partial charge in [0.1, 0.15) is 77.1 Å². The number of benzene rings is 7. The smallest absolute Gasteiger partial charge is 0.497 e. The monoisotopic (exact) mass is 1380 g/mol. The molecule has 4 heterocycles. The minimum Gasteiger partial charge on any atom is -0.497 e. The number of nitrogens with one attached hydrogen (secondary N) is 2. The Labute approximate surface area is 560 Å². The zero-order chi connectivity index (χ0) is 67.2. The van der Waals surface area contributed by atoms with Crippen molar-refractivity contribution in [2.24, 2.45) is 0 Å². The molecule has 96 heavy (non-hydrogen) atoms. The number of nitrogens with zero attached hydrogens (tertiary/aromatic N) is 5. The number of aromatic nitrogens is 4. The Morgan fingerprint density at radius 1 is 0.562 bits per heavy atom. The van der Waals surface area contributed by atoms with E-state index in [1.54, 1.807) is 123 Å². The first-order chi connectivity index (χ1) is 46.5. The van der Waals surface area contributed by atoms with Crippen molar-refractivity contribution in [2.75, 3.05) is 44.7 Å². The van der Waals surface area contributed by atoms with E-state index in [1.165, 1.54) is 53.4 Å². The molecule has 2 aliphatic rings. The van der Waals surface area contributed by atoms with E-state index in [2.05, 4.69) is 20.6 Å². The van der Waals surface area contributed by atoms with Crippen molar-refractivity contribution in [3.8, 4) is 29.1 Å². The number of para-hydroxylation sites is 2. The maximum Gasteiger partial charge on any atom is 0.530 e. The number of anilines is 2. The van der Waals surface area contributed by atoms with E-state index in [0.29, 0.717) is 39.3 Å². The van der Waals surface area contributed by atoms with E-state index < -0.39 is 94.5 Å². The van der Waals surface area contributed by atoms with E-state index in [-0.39, 0.29) is 59.0 Å². The summed E-state index contributed by atoms with van der Waals surface area (Å²) in [6, 6.07) is 57.3. The molecule has 0 radical (unpaired) electrons. The van der Waals surface area contributed by atoms with Gasteiger partial charge in [-0.05, 0) is 102 Å². The van der Waals surface area contributed by atoms with Gasteiger partial charge in [0.05, 0.1) is 56.6 Å².